The highest BCUT2D eigenvalue weighted by Gasteiger charge is 2.12. The minimum atomic E-state index is -0.0615. The van der Waals surface area contributed by atoms with Crippen molar-refractivity contribution in [3.05, 3.63) is 55.9 Å². The fraction of sp³-hybridized carbons (Fsp3) is 0.0714. The summed E-state index contributed by atoms with van der Waals surface area (Å²) in [6.07, 6.45) is 0. The second-order valence-corrected chi connectivity index (χ2v) is 6.11. The van der Waals surface area contributed by atoms with Crippen molar-refractivity contribution in [1.29, 1.82) is 0 Å². The SMILES string of the molecule is CC(=O)c1ccc(Br)cc1Oc1cc(Br)ccc1Cl. The molecule has 0 aliphatic heterocycles. The van der Waals surface area contributed by atoms with Gasteiger partial charge < -0.3 is 4.74 Å². The lowest BCUT2D eigenvalue weighted by molar-refractivity contribution is 0.101. The molecule has 0 saturated heterocycles. The summed E-state index contributed by atoms with van der Waals surface area (Å²) in [5.41, 5.74) is 0.513. The Hall–Kier alpha value is -0.840. The zero-order valence-electron chi connectivity index (χ0n) is 9.91. The zero-order valence-corrected chi connectivity index (χ0v) is 13.8. The lowest BCUT2D eigenvalue weighted by Gasteiger charge is -2.11. The van der Waals surface area contributed by atoms with Crippen molar-refractivity contribution >= 4 is 49.2 Å². The predicted octanol–water partition coefficient (Wildman–Crippen LogP) is 5.86. The van der Waals surface area contributed by atoms with Gasteiger partial charge in [0.05, 0.1) is 10.6 Å². The quantitative estimate of drug-likeness (QED) is 0.599. The van der Waals surface area contributed by atoms with Crippen molar-refractivity contribution in [2.45, 2.75) is 6.92 Å². The van der Waals surface area contributed by atoms with Gasteiger partial charge in [-0.3, -0.25) is 4.79 Å². The van der Waals surface area contributed by atoms with Crippen LogP contribution in [0.4, 0.5) is 0 Å². The van der Waals surface area contributed by atoms with Crippen LogP contribution in [0.5, 0.6) is 11.5 Å². The highest BCUT2D eigenvalue weighted by atomic mass is 79.9. The van der Waals surface area contributed by atoms with E-state index in [1.807, 2.05) is 6.07 Å². The highest BCUT2D eigenvalue weighted by Crippen LogP contribution is 2.34. The smallest absolute Gasteiger partial charge is 0.163 e. The van der Waals surface area contributed by atoms with Crippen molar-refractivity contribution in [3.63, 3.8) is 0 Å². The van der Waals surface area contributed by atoms with Crippen LogP contribution in [0, 0.1) is 0 Å². The first-order valence-electron chi connectivity index (χ1n) is 5.41. The molecule has 0 N–H and O–H groups in total. The Balaban J connectivity index is 2.45. The molecule has 0 aliphatic rings. The molecule has 2 rings (SSSR count). The fourth-order valence-corrected chi connectivity index (χ4v) is 2.38. The Labute approximate surface area is 133 Å². The van der Waals surface area contributed by atoms with E-state index < -0.39 is 0 Å². The Morgan fingerprint density at radius 3 is 2.26 bits per heavy atom. The Kier molecular flexibility index (Phi) is 4.66. The summed E-state index contributed by atoms with van der Waals surface area (Å²) in [7, 11) is 0. The first-order chi connectivity index (χ1) is 8.97. The molecule has 0 amide bonds. The van der Waals surface area contributed by atoms with Gasteiger partial charge in [-0.1, -0.05) is 43.5 Å². The average Bonchev–Trinajstić information content (AvgIpc) is 2.33. The minimum absolute atomic E-state index is 0.0615. The molecule has 0 bridgehead atoms. The van der Waals surface area contributed by atoms with Crippen LogP contribution in [0.2, 0.25) is 5.02 Å². The molecule has 0 spiro atoms. The van der Waals surface area contributed by atoms with Gasteiger partial charge in [0.2, 0.25) is 0 Å². The van der Waals surface area contributed by atoms with Gasteiger partial charge in [-0.15, -0.1) is 0 Å². The molecular weight excluding hydrogens is 395 g/mol. The molecule has 0 aromatic heterocycles. The van der Waals surface area contributed by atoms with E-state index in [1.54, 1.807) is 30.3 Å². The number of hydrogen-bond donors (Lipinski definition) is 0. The van der Waals surface area contributed by atoms with Gasteiger partial charge in [0, 0.05) is 8.95 Å². The first-order valence-corrected chi connectivity index (χ1v) is 7.37. The third kappa shape index (κ3) is 3.59. The molecule has 0 saturated carbocycles. The largest absolute Gasteiger partial charge is 0.455 e. The molecule has 0 atom stereocenters. The van der Waals surface area contributed by atoms with Crippen molar-refractivity contribution in [2.75, 3.05) is 0 Å². The number of halogens is 3. The van der Waals surface area contributed by atoms with Gasteiger partial charge >= 0.3 is 0 Å². The number of benzene rings is 2. The molecular formula is C14H9Br2ClO2. The van der Waals surface area contributed by atoms with Crippen molar-refractivity contribution < 1.29 is 9.53 Å². The van der Waals surface area contributed by atoms with E-state index in [4.69, 9.17) is 16.3 Å². The first kappa shape index (κ1) is 14.6. The molecule has 0 fully saturated rings. The lowest BCUT2D eigenvalue weighted by atomic mass is 10.1. The van der Waals surface area contributed by atoms with Gasteiger partial charge in [0.1, 0.15) is 11.5 Å². The summed E-state index contributed by atoms with van der Waals surface area (Å²) in [5.74, 6) is 0.909. The van der Waals surface area contributed by atoms with Crippen LogP contribution in [0.25, 0.3) is 0 Å². The van der Waals surface area contributed by atoms with Crippen LogP contribution in [0.15, 0.2) is 45.3 Å². The molecule has 0 aliphatic carbocycles. The van der Waals surface area contributed by atoms with Gasteiger partial charge in [-0.05, 0) is 43.3 Å². The molecule has 19 heavy (non-hydrogen) atoms. The van der Waals surface area contributed by atoms with Crippen LogP contribution < -0.4 is 4.74 Å². The number of ether oxygens (including phenoxy) is 1. The molecule has 2 nitrogen and oxygen atoms in total. The van der Waals surface area contributed by atoms with E-state index in [0.29, 0.717) is 22.1 Å². The summed E-state index contributed by atoms with van der Waals surface area (Å²) in [5, 5.41) is 0.484. The van der Waals surface area contributed by atoms with Crippen molar-refractivity contribution in [2.24, 2.45) is 0 Å². The minimum Gasteiger partial charge on any atom is -0.455 e. The third-order valence-electron chi connectivity index (χ3n) is 2.44. The van der Waals surface area contributed by atoms with Crippen molar-refractivity contribution in [1.82, 2.24) is 0 Å². The summed E-state index contributed by atoms with van der Waals surface area (Å²) in [6.45, 7) is 1.50. The summed E-state index contributed by atoms with van der Waals surface area (Å²) < 4.78 is 7.44. The maximum Gasteiger partial charge on any atom is 0.163 e. The molecule has 0 unspecified atom stereocenters. The molecule has 2 aromatic carbocycles. The van der Waals surface area contributed by atoms with Crippen LogP contribution in [-0.4, -0.2) is 5.78 Å². The molecule has 2 aromatic rings. The van der Waals surface area contributed by atoms with E-state index in [1.165, 1.54) is 6.92 Å². The summed E-state index contributed by atoms with van der Waals surface area (Å²) >= 11 is 12.8. The molecule has 0 heterocycles. The average molecular weight is 404 g/mol. The second kappa shape index (κ2) is 6.07. The van der Waals surface area contributed by atoms with Gasteiger partial charge in [-0.25, -0.2) is 0 Å². The van der Waals surface area contributed by atoms with Crippen LogP contribution >= 0.6 is 43.5 Å². The van der Waals surface area contributed by atoms with Gasteiger partial charge in [0.25, 0.3) is 0 Å². The topological polar surface area (TPSA) is 26.3 Å². The van der Waals surface area contributed by atoms with Crippen molar-refractivity contribution in [3.8, 4) is 11.5 Å². The number of ketones is 1. The Morgan fingerprint density at radius 1 is 1.05 bits per heavy atom. The molecule has 98 valence electrons. The van der Waals surface area contributed by atoms with Crippen LogP contribution in [0.3, 0.4) is 0 Å². The zero-order chi connectivity index (χ0) is 14.0. The monoisotopic (exact) mass is 402 g/mol. The number of carbonyl (C=O) groups is 1. The third-order valence-corrected chi connectivity index (χ3v) is 3.73. The molecule has 5 heteroatoms. The lowest BCUT2D eigenvalue weighted by Crippen LogP contribution is -1.97. The van der Waals surface area contributed by atoms with E-state index >= 15 is 0 Å². The van der Waals surface area contributed by atoms with Gasteiger partial charge in [0.15, 0.2) is 5.78 Å². The highest BCUT2D eigenvalue weighted by molar-refractivity contribution is 9.10. The Bertz CT molecular complexity index is 641. The summed E-state index contributed by atoms with van der Waals surface area (Å²) in [4.78, 5) is 11.6. The summed E-state index contributed by atoms with van der Waals surface area (Å²) in [6, 6.07) is 10.6. The van der Waals surface area contributed by atoms with Crippen LogP contribution in [0.1, 0.15) is 17.3 Å². The predicted molar refractivity (Wildman–Crippen MR) is 83.4 cm³/mol. The van der Waals surface area contributed by atoms with Gasteiger partial charge in [-0.2, -0.15) is 0 Å². The number of hydrogen-bond acceptors (Lipinski definition) is 2. The van der Waals surface area contributed by atoms with E-state index in [9.17, 15) is 4.79 Å². The Morgan fingerprint density at radius 2 is 1.63 bits per heavy atom. The number of carbonyl (C=O) groups excluding carboxylic acids is 1. The second-order valence-electron chi connectivity index (χ2n) is 3.87. The molecule has 0 radical (unpaired) electrons. The standard InChI is InChI=1S/C14H9Br2ClO2/c1-8(18)11-4-2-9(15)6-13(11)19-14-7-10(16)3-5-12(14)17/h2-7H,1H3. The fourth-order valence-electron chi connectivity index (χ4n) is 1.55. The van der Waals surface area contributed by atoms with E-state index in [0.717, 1.165) is 8.95 Å². The van der Waals surface area contributed by atoms with E-state index in [-0.39, 0.29) is 5.78 Å². The number of Topliss-reactive ketones (excluding diaryl/α,β-unsaturated/α-hetero) is 1. The number of rotatable bonds is 3. The van der Waals surface area contributed by atoms with Crippen LogP contribution in [-0.2, 0) is 0 Å². The normalized spacial score (nSPS) is 10.3. The maximum absolute atomic E-state index is 11.6. The van der Waals surface area contributed by atoms with E-state index in [2.05, 4.69) is 31.9 Å². The maximum atomic E-state index is 11.6.